The van der Waals surface area contributed by atoms with Gasteiger partial charge >= 0.3 is 6.18 Å². The molecule has 2 aliphatic rings. The Morgan fingerprint density at radius 2 is 1.57 bits per heavy atom. The highest BCUT2D eigenvalue weighted by Crippen LogP contribution is 2.51. The Balaban J connectivity index is 1.63. The van der Waals surface area contributed by atoms with Crippen LogP contribution in [0.15, 0.2) is 82.7 Å². The molecule has 0 saturated heterocycles. The standard InChI is InChI=1S/C23H16F3NS/c24-23(25,26)16-11-9-14(10-12-16)22-18-13-15-5-1-2-6-17(15)21(18)27-19-7-3-4-8-20(19)28-22/h1-12,18,22H,13H2/t18-,22+/m0/s1. The van der Waals surface area contributed by atoms with Gasteiger partial charge in [-0.05, 0) is 47.4 Å². The van der Waals surface area contributed by atoms with Crippen LogP contribution in [-0.4, -0.2) is 5.71 Å². The van der Waals surface area contributed by atoms with E-state index in [1.54, 1.807) is 23.9 Å². The number of hydrogen-bond donors (Lipinski definition) is 0. The molecule has 1 aliphatic carbocycles. The molecule has 0 amide bonds. The summed E-state index contributed by atoms with van der Waals surface area (Å²) >= 11 is 1.70. The summed E-state index contributed by atoms with van der Waals surface area (Å²) in [7, 11) is 0. The third-order valence-electron chi connectivity index (χ3n) is 5.38. The molecule has 0 fully saturated rings. The normalized spacial score (nSPS) is 20.6. The molecule has 0 aromatic heterocycles. The zero-order chi connectivity index (χ0) is 19.3. The number of benzene rings is 3. The van der Waals surface area contributed by atoms with E-state index in [4.69, 9.17) is 4.99 Å². The first-order valence-electron chi connectivity index (χ1n) is 9.10. The van der Waals surface area contributed by atoms with Gasteiger partial charge in [0.1, 0.15) is 0 Å². The van der Waals surface area contributed by atoms with Crippen LogP contribution in [0, 0.1) is 5.92 Å². The van der Waals surface area contributed by atoms with Crippen molar-refractivity contribution in [3.63, 3.8) is 0 Å². The van der Waals surface area contributed by atoms with Crippen molar-refractivity contribution in [2.45, 2.75) is 22.7 Å². The van der Waals surface area contributed by atoms with E-state index in [0.717, 1.165) is 33.8 Å². The van der Waals surface area contributed by atoms with Gasteiger partial charge in [0.15, 0.2) is 0 Å². The van der Waals surface area contributed by atoms with E-state index in [2.05, 4.69) is 12.1 Å². The maximum atomic E-state index is 13.0. The Kier molecular flexibility index (Phi) is 4.09. The van der Waals surface area contributed by atoms with E-state index in [1.165, 1.54) is 17.7 Å². The molecule has 0 N–H and O–H groups in total. The van der Waals surface area contributed by atoms with Crippen molar-refractivity contribution in [2.24, 2.45) is 10.9 Å². The molecule has 1 aliphatic heterocycles. The molecule has 1 nitrogen and oxygen atoms in total. The third-order valence-corrected chi connectivity index (χ3v) is 6.83. The molecular weight excluding hydrogens is 379 g/mol. The fourth-order valence-electron chi connectivity index (χ4n) is 4.04. The zero-order valence-corrected chi connectivity index (χ0v) is 15.6. The summed E-state index contributed by atoms with van der Waals surface area (Å²) in [6, 6.07) is 21.9. The maximum Gasteiger partial charge on any atom is 0.416 e. The number of rotatable bonds is 1. The quantitative estimate of drug-likeness (QED) is 0.439. The van der Waals surface area contributed by atoms with Crippen LogP contribution < -0.4 is 0 Å². The van der Waals surface area contributed by atoms with Crippen molar-refractivity contribution in [3.05, 3.63) is 95.1 Å². The fraction of sp³-hybridized carbons (Fsp3) is 0.174. The van der Waals surface area contributed by atoms with Crippen LogP contribution in [0.2, 0.25) is 0 Å². The molecule has 0 spiro atoms. The van der Waals surface area contributed by atoms with Crippen molar-refractivity contribution in [1.29, 1.82) is 0 Å². The fourth-order valence-corrected chi connectivity index (χ4v) is 5.38. The van der Waals surface area contributed by atoms with Crippen molar-refractivity contribution < 1.29 is 13.2 Å². The van der Waals surface area contributed by atoms with Gasteiger partial charge in [0.25, 0.3) is 0 Å². The minimum absolute atomic E-state index is 0.0112. The largest absolute Gasteiger partial charge is 0.416 e. The van der Waals surface area contributed by atoms with E-state index >= 15 is 0 Å². The second-order valence-electron chi connectivity index (χ2n) is 7.09. The molecule has 2 atom stereocenters. The van der Waals surface area contributed by atoms with Crippen LogP contribution in [0.3, 0.4) is 0 Å². The number of nitrogens with zero attached hydrogens (tertiary/aromatic N) is 1. The molecule has 140 valence electrons. The van der Waals surface area contributed by atoms with Gasteiger partial charge in [0.2, 0.25) is 0 Å². The summed E-state index contributed by atoms with van der Waals surface area (Å²) in [5, 5.41) is 0.0112. The van der Waals surface area contributed by atoms with Crippen molar-refractivity contribution in [2.75, 3.05) is 0 Å². The Hall–Kier alpha value is -2.53. The van der Waals surface area contributed by atoms with Gasteiger partial charge in [-0.3, -0.25) is 4.99 Å². The van der Waals surface area contributed by atoms with Crippen LogP contribution in [0.25, 0.3) is 0 Å². The molecule has 28 heavy (non-hydrogen) atoms. The Morgan fingerprint density at radius 3 is 2.36 bits per heavy atom. The monoisotopic (exact) mass is 395 g/mol. The van der Waals surface area contributed by atoms with Crippen molar-refractivity contribution in [1.82, 2.24) is 0 Å². The summed E-state index contributed by atoms with van der Waals surface area (Å²) in [4.78, 5) is 6.05. The molecule has 5 rings (SSSR count). The molecule has 0 radical (unpaired) electrons. The van der Waals surface area contributed by atoms with Crippen LogP contribution in [0.4, 0.5) is 18.9 Å². The molecule has 3 aromatic rings. The van der Waals surface area contributed by atoms with Gasteiger partial charge in [-0.1, -0.05) is 48.5 Å². The lowest BCUT2D eigenvalue weighted by Gasteiger charge is -2.23. The van der Waals surface area contributed by atoms with Crippen molar-refractivity contribution >= 4 is 23.2 Å². The first-order chi connectivity index (χ1) is 13.5. The molecule has 3 aromatic carbocycles. The number of halogens is 3. The molecule has 0 unspecified atom stereocenters. The second kappa shape index (κ2) is 6.52. The predicted molar refractivity (Wildman–Crippen MR) is 106 cm³/mol. The molecule has 5 heteroatoms. The topological polar surface area (TPSA) is 12.4 Å². The Bertz CT molecular complexity index is 1070. The number of hydrogen-bond acceptors (Lipinski definition) is 2. The highest BCUT2D eigenvalue weighted by Gasteiger charge is 2.38. The summed E-state index contributed by atoms with van der Waals surface area (Å²) in [6.07, 6.45) is -3.47. The highest BCUT2D eigenvalue weighted by molar-refractivity contribution is 7.99. The number of para-hydroxylation sites is 1. The van der Waals surface area contributed by atoms with E-state index < -0.39 is 11.7 Å². The SMILES string of the molecule is FC(F)(F)c1ccc([C@H]2Sc3ccccc3N=C3c4ccccc4C[C@@H]32)cc1. The zero-order valence-electron chi connectivity index (χ0n) is 14.8. The van der Waals surface area contributed by atoms with Crippen LogP contribution in [-0.2, 0) is 12.6 Å². The van der Waals surface area contributed by atoms with Gasteiger partial charge in [-0.15, -0.1) is 11.8 Å². The van der Waals surface area contributed by atoms with Gasteiger partial charge in [-0.2, -0.15) is 13.2 Å². The average molecular weight is 395 g/mol. The average Bonchev–Trinajstić information content (AvgIpc) is 2.96. The number of alkyl halides is 3. The van der Waals surface area contributed by atoms with Gasteiger partial charge in [0.05, 0.1) is 17.0 Å². The molecule has 1 heterocycles. The smallest absolute Gasteiger partial charge is 0.251 e. The molecule has 0 saturated carbocycles. The van der Waals surface area contributed by atoms with E-state index in [1.807, 2.05) is 36.4 Å². The second-order valence-corrected chi connectivity index (χ2v) is 8.27. The van der Waals surface area contributed by atoms with Gasteiger partial charge in [0, 0.05) is 16.1 Å². The highest BCUT2D eigenvalue weighted by atomic mass is 32.2. The van der Waals surface area contributed by atoms with Gasteiger partial charge in [-0.25, -0.2) is 0 Å². The van der Waals surface area contributed by atoms with E-state index in [0.29, 0.717) is 0 Å². The lowest BCUT2D eigenvalue weighted by atomic mass is 9.93. The first-order valence-corrected chi connectivity index (χ1v) is 9.98. The maximum absolute atomic E-state index is 13.0. The number of fused-ring (bicyclic) bond motifs is 4. The Labute approximate surface area is 165 Å². The summed E-state index contributed by atoms with van der Waals surface area (Å²) in [5.41, 5.74) is 4.67. The summed E-state index contributed by atoms with van der Waals surface area (Å²) in [5.74, 6) is 0.131. The van der Waals surface area contributed by atoms with Crippen molar-refractivity contribution in [3.8, 4) is 0 Å². The number of aliphatic imine (C=N–C) groups is 1. The van der Waals surface area contributed by atoms with Crippen LogP contribution in [0.5, 0.6) is 0 Å². The van der Waals surface area contributed by atoms with Crippen LogP contribution in [0.1, 0.15) is 27.5 Å². The van der Waals surface area contributed by atoms with E-state index in [-0.39, 0.29) is 11.2 Å². The minimum atomic E-state index is -4.32. The molecule has 0 bridgehead atoms. The first kappa shape index (κ1) is 17.6. The number of thioether (sulfide) groups is 1. The van der Waals surface area contributed by atoms with E-state index in [9.17, 15) is 13.2 Å². The predicted octanol–water partition coefficient (Wildman–Crippen LogP) is 6.85. The lowest BCUT2D eigenvalue weighted by molar-refractivity contribution is -0.137. The molecular formula is C23H16F3NS. The lowest BCUT2D eigenvalue weighted by Crippen LogP contribution is -2.17. The third kappa shape index (κ3) is 2.94. The Morgan fingerprint density at radius 1 is 0.857 bits per heavy atom. The summed E-state index contributed by atoms with van der Waals surface area (Å²) < 4.78 is 39.0. The van der Waals surface area contributed by atoms with Crippen LogP contribution >= 0.6 is 11.8 Å². The minimum Gasteiger partial charge on any atom is -0.251 e. The summed E-state index contributed by atoms with van der Waals surface area (Å²) in [6.45, 7) is 0. The van der Waals surface area contributed by atoms with Gasteiger partial charge < -0.3 is 0 Å².